The van der Waals surface area contributed by atoms with Crippen molar-refractivity contribution in [2.24, 2.45) is 5.16 Å². The van der Waals surface area contributed by atoms with Gasteiger partial charge in [-0.3, -0.25) is 9.59 Å². The minimum absolute atomic E-state index is 0.0723. The molecule has 6 heteroatoms. The predicted octanol–water partition coefficient (Wildman–Crippen LogP) is 4.41. The highest BCUT2D eigenvalue weighted by Crippen LogP contribution is 2.27. The van der Waals surface area contributed by atoms with Gasteiger partial charge in [-0.15, -0.1) is 0 Å². The zero-order chi connectivity index (χ0) is 20.6. The number of nitrogens with one attached hydrogen (secondary N) is 1. The van der Waals surface area contributed by atoms with E-state index in [0.29, 0.717) is 16.1 Å². The van der Waals surface area contributed by atoms with Crippen molar-refractivity contribution < 1.29 is 14.4 Å². The molecule has 0 spiro atoms. The van der Waals surface area contributed by atoms with Crippen LogP contribution in [0.25, 0.3) is 0 Å². The molecule has 3 aromatic rings. The zero-order valence-corrected chi connectivity index (χ0v) is 16.5. The fourth-order valence-electron chi connectivity index (χ4n) is 2.96. The number of nitrogens with zero attached hydrogens (tertiary/aromatic N) is 1. The number of oxime groups is 1. The summed E-state index contributed by atoms with van der Waals surface area (Å²) >= 11 is 5.98. The third-order valence-electron chi connectivity index (χ3n) is 4.37. The van der Waals surface area contributed by atoms with E-state index in [1.165, 1.54) is 13.4 Å². The summed E-state index contributed by atoms with van der Waals surface area (Å²) in [4.78, 5) is 30.0. The van der Waals surface area contributed by atoms with Gasteiger partial charge in [-0.1, -0.05) is 83.5 Å². The Balaban J connectivity index is 1.91. The van der Waals surface area contributed by atoms with Crippen LogP contribution in [-0.2, 0) is 9.63 Å². The standard InChI is InChI=1S/C23H19ClN2O3/c1-29-26-15-25-23(28)21(17-11-13-20(24)14-12-17)16-7-9-19(10-8-16)22(27)18-5-3-2-4-6-18/h2-15,21H,1H3,(H,25,26,28)/t21-/m0/s1. The number of hydrogen-bond acceptors (Lipinski definition) is 4. The van der Waals surface area contributed by atoms with Gasteiger partial charge < -0.3 is 10.2 Å². The van der Waals surface area contributed by atoms with Crippen LogP contribution < -0.4 is 5.32 Å². The molecule has 0 radical (unpaired) electrons. The Morgan fingerprint density at radius 3 is 2.03 bits per heavy atom. The number of carbonyl (C=O) groups is 2. The highest BCUT2D eigenvalue weighted by molar-refractivity contribution is 6.30. The number of amides is 1. The summed E-state index contributed by atoms with van der Waals surface area (Å²) in [5.74, 6) is -0.955. The molecule has 0 aliphatic rings. The first-order valence-corrected chi connectivity index (χ1v) is 9.28. The largest absolute Gasteiger partial charge is 0.398 e. The van der Waals surface area contributed by atoms with Crippen LogP contribution in [0.15, 0.2) is 84.0 Å². The molecule has 146 valence electrons. The van der Waals surface area contributed by atoms with Crippen molar-refractivity contribution >= 4 is 29.6 Å². The predicted molar refractivity (Wildman–Crippen MR) is 113 cm³/mol. The SMILES string of the molecule is CO/N=C\NC(=O)[C@H](c1ccc(Cl)cc1)c1ccc(C(=O)c2ccccc2)cc1. The van der Waals surface area contributed by atoms with Crippen LogP contribution >= 0.6 is 11.6 Å². The average molecular weight is 407 g/mol. The molecule has 0 heterocycles. The molecule has 0 aromatic heterocycles. The molecular weight excluding hydrogens is 388 g/mol. The summed E-state index contributed by atoms with van der Waals surface area (Å²) in [6.07, 6.45) is 1.19. The van der Waals surface area contributed by atoms with Gasteiger partial charge in [0, 0.05) is 16.1 Å². The summed E-state index contributed by atoms with van der Waals surface area (Å²) in [5.41, 5.74) is 2.67. The highest BCUT2D eigenvalue weighted by atomic mass is 35.5. The van der Waals surface area contributed by atoms with Crippen molar-refractivity contribution in [3.05, 3.63) is 106 Å². The maximum Gasteiger partial charge on any atom is 0.237 e. The molecule has 1 N–H and O–H groups in total. The Bertz CT molecular complexity index is 1000. The maximum absolute atomic E-state index is 12.8. The number of rotatable bonds is 7. The van der Waals surface area contributed by atoms with E-state index in [4.69, 9.17) is 11.6 Å². The van der Waals surface area contributed by atoms with Crippen LogP contribution in [0, 0.1) is 0 Å². The fraction of sp³-hybridized carbons (Fsp3) is 0.0870. The van der Waals surface area contributed by atoms with Crippen molar-refractivity contribution in [3.63, 3.8) is 0 Å². The Kier molecular flexibility index (Phi) is 6.76. The summed E-state index contributed by atoms with van der Waals surface area (Å²) in [6.45, 7) is 0. The minimum Gasteiger partial charge on any atom is -0.398 e. The van der Waals surface area contributed by atoms with Gasteiger partial charge in [0.2, 0.25) is 5.91 Å². The van der Waals surface area contributed by atoms with Crippen LogP contribution in [0.1, 0.15) is 33.0 Å². The molecule has 0 fully saturated rings. The Labute approximate surface area is 174 Å². The quantitative estimate of drug-likeness (QED) is 0.273. The van der Waals surface area contributed by atoms with Crippen LogP contribution in [0.5, 0.6) is 0 Å². The molecule has 0 aliphatic heterocycles. The van der Waals surface area contributed by atoms with Crippen molar-refractivity contribution in [2.75, 3.05) is 7.11 Å². The Morgan fingerprint density at radius 1 is 0.897 bits per heavy atom. The molecule has 0 bridgehead atoms. The lowest BCUT2D eigenvalue weighted by Crippen LogP contribution is -2.29. The van der Waals surface area contributed by atoms with Gasteiger partial charge in [0.25, 0.3) is 0 Å². The molecular formula is C23H19ClN2O3. The third kappa shape index (κ3) is 5.09. The molecule has 0 aliphatic carbocycles. The van der Waals surface area contributed by atoms with Gasteiger partial charge in [-0.05, 0) is 23.3 Å². The van der Waals surface area contributed by atoms with E-state index in [9.17, 15) is 9.59 Å². The maximum atomic E-state index is 12.8. The number of ketones is 1. The van der Waals surface area contributed by atoms with E-state index < -0.39 is 5.92 Å². The summed E-state index contributed by atoms with van der Waals surface area (Å²) in [5, 5.41) is 6.73. The average Bonchev–Trinajstić information content (AvgIpc) is 2.76. The second-order valence-electron chi connectivity index (χ2n) is 6.23. The highest BCUT2D eigenvalue weighted by Gasteiger charge is 2.23. The second kappa shape index (κ2) is 9.66. The van der Waals surface area contributed by atoms with E-state index in [1.54, 1.807) is 60.7 Å². The van der Waals surface area contributed by atoms with E-state index in [0.717, 1.165) is 11.1 Å². The van der Waals surface area contributed by atoms with Crippen molar-refractivity contribution in [3.8, 4) is 0 Å². The summed E-state index contributed by atoms with van der Waals surface area (Å²) in [7, 11) is 1.39. The molecule has 29 heavy (non-hydrogen) atoms. The Morgan fingerprint density at radius 2 is 1.45 bits per heavy atom. The lowest BCUT2D eigenvalue weighted by Gasteiger charge is -2.17. The van der Waals surface area contributed by atoms with Gasteiger partial charge in [-0.25, -0.2) is 0 Å². The molecule has 0 unspecified atom stereocenters. The van der Waals surface area contributed by atoms with Crippen LogP contribution in [0.2, 0.25) is 5.02 Å². The molecule has 0 saturated carbocycles. The first kappa shape index (κ1) is 20.3. The molecule has 1 amide bonds. The minimum atomic E-state index is -0.601. The second-order valence-corrected chi connectivity index (χ2v) is 6.66. The van der Waals surface area contributed by atoms with Gasteiger partial charge in [0.05, 0.1) is 5.92 Å². The molecule has 1 atom stereocenters. The van der Waals surface area contributed by atoms with Crippen LogP contribution in [-0.4, -0.2) is 25.1 Å². The van der Waals surface area contributed by atoms with Gasteiger partial charge >= 0.3 is 0 Å². The topological polar surface area (TPSA) is 67.8 Å². The summed E-state index contributed by atoms with van der Waals surface area (Å²) < 4.78 is 0. The molecule has 3 rings (SSSR count). The normalized spacial score (nSPS) is 11.8. The monoisotopic (exact) mass is 406 g/mol. The van der Waals surface area contributed by atoms with Crippen LogP contribution in [0.3, 0.4) is 0 Å². The van der Waals surface area contributed by atoms with Crippen LogP contribution in [0.4, 0.5) is 0 Å². The van der Waals surface area contributed by atoms with Crippen molar-refractivity contribution in [1.82, 2.24) is 5.32 Å². The lowest BCUT2D eigenvalue weighted by atomic mass is 9.89. The number of halogens is 1. The smallest absolute Gasteiger partial charge is 0.237 e. The van der Waals surface area contributed by atoms with Gasteiger partial charge in [0.15, 0.2) is 5.78 Å². The van der Waals surface area contributed by atoms with E-state index in [1.807, 2.05) is 18.2 Å². The first-order chi connectivity index (χ1) is 14.1. The van der Waals surface area contributed by atoms with Crippen molar-refractivity contribution in [2.45, 2.75) is 5.92 Å². The molecule has 0 saturated heterocycles. The van der Waals surface area contributed by atoms with E-state index in [2.05, 4.69) is 15.3 Å². The number of benzene rings is 3. The number of carbonyl (C=O) groups excluding carboxylic acids is 2. The molecule has 5 nitrogen and oxygen atoms in total. The van der Waals surface area contributed by atoms with Crippen molar-refractivity contribution in [1.29, 1.82) is 0 Å². The lowest BCUT2D eigenvalue weighted by molar-refractivity contribution is -0.120. The third-order valence-corrected chi connectivity index (χ3v) is 4.62. The fourth-order valence-corrected chi connectivity index (χ4v) is 3.09. The van der Waals surface area contributed by atoms with Gasteiger partial charge in [-0.2, -0.15) is 0 Å². The van der Waals surface area contributed by atoms with E-state index >= 15 is 0 Å². The Hall–Kier alpha value is -3.44. The summed E-state index contributed by atoms with van der Waals surface area (Å²) in [6, 6.07) is 23.1. The van der Waals surface area contributed by atoms with E-state index in [-0.39, 0.29) is 11.7 Å². The van der Waals surface area contributed by atoms with Gasteiger partial charge in [0.1, 0.15) is 13.4 Å². The zero-order valence-electron chi connectivity index (χ0n) is 15.7. The number of hydrogen-bond donors (Lipinski definition) is 1. The molecule has 3 aromatic carbocycles. The first-order valence-electron chi connectivity index (χ1n) is 8.90.